The van der Waals surface area contributed by atoms with Crippen LogP contribution in [0, 0.1) is 18.3 Å². The number of ketones is 1. The molecule has 0 saturated heterocycles. The Balaban J connectivity index is 2.14. The first kappa shape index (κ1) is 14.8. The number of hydrogen-bond acceptors (Lipinski definition) is 2. The fraction of sp³-hybridized carbons (Fsp3) is 0.500. The SMILES string of the molecule is Cc1cccc2cc(C(=O)CC(C)CC(C)(C)C)oc12. The van der Waals surface area contributed by atoms with Gasteiger partial charge in [-0.05, 0) is 36.3 Å². The highest BCUT2D eigenvalue weighted by molar-refractivity contribution is 5.98. The van der Waals surface area contributed by atoms with E-state index in [1.807, 2.05) is 31.2 Å². The molecule has 0 radical (unpaired) electrons. The maximum absolute atomic E-state index is 12.3. The molecule has 2 nitrogen and oxygen atoms in total. The van der Waals surface area contributed by atoms with Crippen LogP contribution in [0.4, 0.5) is 0 Å². The highest BCUT2D eigenvalue weighted by Gasteiger charge is 2.20. The second-order valence-electron chi connectivity index (χ2n) is 7.10. The second-order valence-corrected chi connectivity index (χ2v) is 7.10. The lowest BCUT2D eigenvalue weighted by atomic mass is 9.83. The summed E-state index contributed by atoms with van der Waals surface area (Å²) in [6.07, 6.45) is 1.59. The summed E-state index contributed by atoms with van der Waals surface area (Å²) in [5.74, 6) is 0.976. The number of aryl methyl sites for hydroxylation is 1. The first-order valence-corrected chi connectivity index (χ1v) is 7.28. The van der Waals surface area contributed by atoms with E-state index in [0.29, 0.717) is 18.1 Å². The minimum absolute atomic E-state index is 0.109. The molecule has 1 heterocycles. The molecule has 0 aliphatic carbocycles. The van der Waals surface area contributed by atoms with Gasteiger partial charge in [0.2, 0.25) is 0 Å². The molecule has 0 saturated carbocycles. The molecule has 1 atom stereocenters. The Morgan fingerprint density at radius 2 is 2.00 bits per heavy atom. The summed E-state index contributed by atoms with van der Waals surface area (Å²) in [6.45, 7) is 10.8. The topological polar surface area (TPSA) is 30.2 Å². The van der Waals surface area contributed by atoms with Crippen molar-refractivity contribution in [3.63, 3.8) is 0 Å². The molecule has 0 aliphatic rings. The van der Waals surface area contributed by atoms with Crippen LogP contribution in [0.3, 0.4) is 0 Å². The molecule has 20 heavy (non-hydrogen) atoms. The number of fused-ring (bicyclic) bond motifs is 1. The lowest BCUT2D eigenvalue weighted by Gasteiger charge is -2.22. The van der Waals surface area contributed by atoms with Gasteiger partial charge < -0.3 is 4.42 Å². The number of benzene rings is 1. The Kier molecular flexibility index (Phi) is 4.03. The van der Waals surface area contributed by atoms with Crippen LogP contribution < -0.4 is 0 Å². The predicted octanol–water partition coefficient (Wildman–Crippen LogP) is 5.39. The summed E-state index contributed by atoms with van der Waals surface area (Å²) >= 11 is 0. The van der Waals surface area contributed by atoms with Crippen LogP contribution in [0.15, 0.2) is 28.7 Å². The van der Waals surface area contributed by atoms with Crippen molar-refractivity contribution in [3.8, 4) is 0 Å². The molecule has 0 N–H and O–H groups in total. The van der Waals surface area contributed by atoms with Gasteiger partial charge in [-0.15, -0.1) is 0 Å². The summed E-state index contributed by atoms with van der Waals surface area (Å²) in [5, 5.41) is 1.01. The largest absolute Gasteiger partial charge is 0.453 e. The van der Waals surface area contributed by atoms with E-state index < -0.39 is 0 Å². The molecule has 1 aromatic heterocycles. The first-order valence-electron chi connectivity index (χ1n) is 7.28. The van der Waals surface area contributed by atoms with Crippen LogP contribution in [0.1, 0.15) is 56.7 Å². The number of carbonyl (C=O) groups excluding carboxylic acids is 1. The van der Waals surface area contributed by atoms with E-state index in [9.17, 15) is 4.79 Å². The smallest absolute Gasteiger partial charge is 0.198 e. The van der Waals surface area contributed by atoms with Crippen molar-refractivity contribution in [2.75, 3.05) is 0 Å². The van der Waals surface area contributed by atoms with Crippen LogP contribution in [-0.4, -0.2) is 5.78 Å². The summed E-state index contributed by atoms with van der Waals surface area (Å²) in [4.78, 5) is 12.3. The van der Waals surface area contributed by atoms with Crippen molar-refractivity contribution >= 4 is 16.8 Å². The minimum Gasteiger partial charge on any atom is -0.453 e. The number of carbonyl (C=O) groups is 1. The zero-order chi connectivity index (χ0) is 14.9. The van der Waals surface area contributed by atoms with E-state index in [2.05, 4.69) is 27.7 Å². The second kappa shape index (κ2) is 5.43. The molecule has 1 unspecified atom stereocenters. The third-order valence-electron chi connectivity index (χ3n) is 3.51. The summed E-state index contributed by atoms with van der Waals surface area (Å²) in [5.41, 5.74) is 2.16. The maximum Gasteiger partial charge on any atom is 0.198 e. The monoisotopic (exact) mass is 272 g/mol. The van der Waals surface area contributed by atoms with E-state index in [0.717, 1.165) is 23.0 Å². The van der Waals surface area contributed by atoms with Crippen LogP contribution >= 0.6 is 0 Å². The number of para-hydroxylation sites is 1. The Hall–Kier alpha value is -1.57. The van der Waals surface area contributed by atoms with E-state index in [4.69, 9.17) is 4.42 Å². The molecule has 0 bridgehead atoms. The summed E-state index contributed by atoms with van der Waals surface area (Å²) in [7, 11) is 0. The third-order valence-corrected chi connectivity index (χ3v) is 3.51. The van der Waals surface area contributed by atoms with E-state index in [1.165, 1.54) is 0 Å². The zero-order valence-electron chi connectivity index (χ0n) is 13.1. The van der Waals surface area contributed by atoms with Gasteiger partial charge in [-0.25, -0.2) is 0 Å². The first-order chi connectivity index (χ1) is 9.26. The standard InChI is InChI=1S/C18H24O2/c1-12(11-18(3,4)5)9-15(19)16-10-14-8-6-7-13(2)17(14)20-16/h6-8,10,12H,9,11H2,1-5H3. The van der Waals surface area contributed by atoms with Gasteiger partial charge in [0, 0.05) is 11.8 Å². The van der Waals surface area contributed by atoms with Crippen molar-refractivity contribution in [2.45, 2.75) is 47.5 Å². The van der Waals surface area contributed by atoms with Crippen molar-refractivity contribution in [1.29, 1.82) is 0 Å². The average Bonchev–Trinajstić information content (AvgIpc) is 2.71. The fourth-order valence-corrected chi connectivity index (χ4v) is 2.88. The number of hydrogen-bond donors (Lipinski definition) is 0. The maximum atomic E-state index is 12.3. The Morgan fingerprint density at radius 3 is 2.60 bits per heavy atom. The quantitative estimate of drug-likeness (QED) is 0.699. The highest BCUT2D eigenvalue weighted by Crippen LogP contribution is 2.28. The number of furan rings is 1. The van der Waals surface area contributed by atoms with Gasteiger partial charge >= 0.3 is 0 Å². The highest BCUT2D eigenvalue weighted by atomic mass is 16.3. The molecule has 2 rings (SSSR count). The third kappa shape index (κ3) is 3.50. The van der Waals surface area contributed by atoms with Crippen LogP contribution in [0.25, 0.3) is 11.0 Å². The molecule has 0 spiro atoms. The van der Waals surface area contributed by atoms with Gasteiger partial charge in [-0.1, -0.05) is 45.9 Å². The lowest BCUT2D eigenvalue weighted by Crippen LogP contribution is -2.14. The number of Topliss-reactive ketones (excluding diaryl/α,β-unsaturated/α-hetero) is 1. The van der Waals surface area contributed by atoms with Gasteiger partial charge in [0.15, 0.2) is 11.5 Å². The van der Waals surface area contributed by atoms with Gasteiger partial charge in [0.05, 0.1) is 0 Å². The van der Waals surface area contributed by atoms with Gasteiger partial charge in [0.25, 0.3) is 0 Å². The number of rotatable bonds is 4. The molecule has 0 aliphatic heterocycles. The van der Waals surface area contributed by atoms with E-state index >= 15 is 0 Å². The van der Waals surface area contributed by atoms with Gasteiger partial charge in [0.1, 0.15) is 5.58 Å². The van der Waals surface area contributed by atoms with Crippen molar-refractivity contribution in [2.24, 2.45) is 11.3 Å². The van der Waals surface area contributed by atoms with Crippen LogP contribution in [0.5, 0.6) is 0 Å². The molecule has 1 aromatic carbocycles. The lowest BCUT2D eigenvalue weighted by molar-refractivity contribution is 0.0929. The molecular weight excluding hydrogens is 248 g/mol. The van der Waals surface area contributed by atoms with Gasteiger partial charge in [-0.2, -0.15) is 0 Å². The fourth-order valence-electron chi connectivity index (χ4n) is 2.88. The minimum atomic E-state index is 0.109. The Labute approximate surface area is 121 Å². The zero-order valence-corrected chi connectivity index (χ0v) is 13.1. The van der Waals surface area contributed by atoms with Crippen molar-refractivity contribution in [1.82, 2.24) is 0 Å². The van der Waals surface area contributed by atoms with Crippen molar-refractivity contribution in [3.05, 3.63) is 35.6 Å². The molecular formula is C18H24O2. The van der Waals surface area contributed by atoms with E-state index in [-0.39, 0.29) is 11.2 Å². The molecule has 0 fully saturated rings. The molecule has 2 aromatic rings. The predicted molar refractivity (Wildman–Crippen MR) is 83.1 cm³/mol. The molecule has 2 heteroatoms. The average molecular weight is 272 g/mol. The van der Waals surface area contributed by atoms with E-state index in [1.54, 1.807) is 0 Å². The Morgan fingerprint density at radius 1 is 1.30 bits per heavy atom. The van der Waals surface area contributed by atoms with Crippen molar-refractivity contribution < 1.29 is 9.21 Å². The van der Waals surface area contributed by atoms with Crippen LogP contribution in [0.2, 0.25) is 0 Å². The Bertz CT molecular complexity index is 614. The van der Waals surface area contributed by atoms with Gasteiger partial charge in [-0.3, -0.25) is 4.79 Å². The summed E-state index contributed by atoms with van der Waals surface area (Å²) in [6, 6.07) is 7.85. The summed E-state index contributed by atoms with van der Waals surface area (Å²) < 4.78 is 5.74. The normalized spacial score (nSPS) is 13.7. The molecule has 108 valence electrons. The molecule has 0 amide bonds. The van der Waals surface area contributed by atoms with Crippen LogP contribution in [-0.2, 0) is 0 Å².